The van der Waals surface area contributed by atoms with Gasteiger partial charge < -0.3 is 0 Å². The Kier molecular flexibility index (Phi) is 2.59. The number of halogens is 2. The summed E-state index contributed by atoms with van der Waals surface area (Å²) in [5.41, 5.74) is 0.0783. The lowest BCUT2D eigenvalue weighted by molar-refractivity contribution is 0.589. The summed E-state index contributed by atoms with van der Waals surface area (Å²) in [6.45, 7) is 6.27. The van der Waals surface area contributed by atoms with Crippen molar-refractivity contribution in [2.45, 2.75) is 26.2 Å². The second-order valence-corrected chi connectivity index (χ2v) is 6.35. The van der Waals surface area contributed by atoms with Crippen molar-refractivity contribution in [3.05, 3.63) is 19.6 Å². The van der Waals surface area contributed by atoms with Crippen molar-refractivity contribution in [1.82, 2.24) is 0 Å². The molecule has 0 unspecified atom stereocenters. The Morgan fingerprint density at radius 2 is 2.00 bits per heavy atom. The van der Waals surface area contributed by atoms with Crippen LogP contribution in [-0.2, 0) is 5.41 Å². The van der Waals surface area contributed by atoms with E-state index in [0.717, 1.165) is 7.76 Å². The summed E-state index contributed by atoms with van der Waals surface area (Å²) in [6.07, 6.45) is 0. The molecule has 0 nitrogen and oxygen atoms in total. The molecule has 0 amide bonds. The van der Waals surface area contributed by atoms with E-state index in [1.165, 1.54) is 11.3 Å². The van der Waals surface area contributed by atoms with Crippen molar-refractivity contribution < 1.29 is 4.39 Å². The topological polar surface area (TPSA) is 0 Å². The maximum atomic E-state index is 12.9. The van der Waals surface area contributed by atoms with E-state index in [0.29, 0.717) is 0 Å². The van der Waals surface area contributed by atoms with Crippen molar-refractivity contribution in [2.24, 2.45) is 0 Å². The van der Waals surface area contributed by atoms with Gasteiger partial charge in [0, 0.05) is 4.88 Å². The van der Waals surface area contributed by atoms with E-state index in [-0.39, 0.29) is 11.2 Å². The predicted molar refractivity (Wildman–Crippen MR) is 55.7 cm³/mol. The van der Waals surface area contributed by atoms with Crippen LogP contribution < -0.4 is 0 Å². The Labute approximate surface area is 84.0 Å². The maximum absolute atomic E-state index is 12.9. The molecule has 1 aromatic rings. The zero-order chi connectivity index (χ0) is 8.65. The molecule has 0 aliphatic heterocycles. The minimum absolute atomic E-state index is 0.0783. The van der Waals surface area contributed by atoms with Gasteiger partial charge >= 0.3 is 0 Å². The van der Waals surface area contributed by atoms with Gasteiger partial charge in [0.15, 0.2) is 0 Å². The highest BCUT2D eigenvalue weighted by Gasteiger charge is 2.18. The van der Waals surface area contributed by atoms with Gasteiger partial charge in [0.25, 0.3) is 0 Å². The normalized spacial score (nSPS) is 12.1. The van der Waals surface area contributed by atoms with Crippen LogP contribution in [0.5, 0.6) is 0 Å². The summed E-state index contributed by atoms with van der Waals surface area (Å²) in [6, 6.07) is 1.63. The van der Waals surface area contributed by atoms with Crippen LogP contribution in [-0.4, -0.2) is 0 Å². The van der Waals surface area contributed by atoms with Gasteiger partial charge in [-0.25, -0.2) is 4.39 Å². The minimum Gasteiger partial charge on any atom is -0.205 e. The average Bonchev–Trinajstić information content (AvgIpc) is 2.11. The Hall–Kier alpha value is 0.360. The van der Waals surface area contributed by atoms with Crippen molar-refractivity contribution in [2.75, 3.05) is 0 Å². The molecule has 11 heavy (non-hydrogen) atoms. The molecular weight excluding hydrogens is 274 g/mol. The van der Waals surface area contributed by atoms with Gasteiger partial charge in [0.1, 0.15) is 8.70 Å². The maximum Gasteiger partial charge on any atom is 0.147 e. The molecule has 0 saturated heterocycles. The minimum atomic E-state index is -0.0828. The highest BCUT2D eigenvalue weighted by molar-refractivity contribution is 14.1. The van der Waals surface area contributed by atoms with Gasteiger partial charge in [-0.15, -0.1) is 11.3 Å². The average molecular weight is 284 g/mol. The van der Waals surface area contributed by atoms with Crippen LogP contribution in [0, 0.1) is 8.70 Å². The van der Waals surface area contributed by atoms with Crippen LogP contribution >= 0.6 is 33.9 Å². The van der Waals surface area contributed by atoms with Crippen molar-refractivity contribution in [3.8, 4) is 0 Å². The van der Waals surface area contributed by atoms with E-state index >= 15 is 0 Å². The standard InChI is InChI=1S/C8H10FIS/c1-8(2,3)6-4-5(9)7(10)11-6/h4H,1-3H3. The molecule has 0 saturated carbocycles. The quantitative estimate of drug-likeness (QED) is 0.636. The monoisotopic (exact) mass is 284 g/mol. The zero-order valence-corrected chi connectivity index (χ0v) is 9.72. The molecule has 0 fully saturated rings. The fourth-order valence-electron chi connectivity index (χ4n) is 0.716. The van der Waals surface area contributed by atoms with Crippen molar-refractivity contribution in [1.29, 1.82) is 0 Å². The van der Waals surface area contributed by atoms with E-state index in [2.05, 4.69) is 20.8 Å². The first-order valence-corrected chi connectivity index (χ1v) is 5.26. The van der Waals surface area contributed by atoms with E-state index in [4.69, 9.17) is 0 Å². The Balaban J connectivity index is 3.08. The zero-order valence-electron chi connectivity index (χ0n) is 6.74. The second-order valence-electron chi connectivity index (χ2n) is 3.48. The molecule has 0 bridgehead atoms. The summed E-state index contributed by atoms with van der Waals surface area (Å²) in [5.74, 6) is -0.0828. The first-order valence-electron chi connectivity index (χ1n) is 3.36. The largest absolute Gasteiger partial charge is 0.205 e. The lowest BCUT2D eigenvalue weighted by Crippen LogP contribution is -2.07. The number of thiophene rings is 1. The molecule has 1 heterocycles. The SMILES string of the molecule is CC(C)(C)c1cc(F)c(I)s1. The summed E-state index contributed by atoms with van der Waals surface area (Å²) in [7, 11) is 0. The van der Waals surface area contributed by atoms with Crippen LogP contribution in [0.15, 0.2) is 6.07 Å². The third-order valence-corrected chi connectivity index (χ3v) is 3.88. The van der Waals surface area contributed by atoms with Crippen LogP contribution in [0.2, 0.25) is 0 Å². The van der Waals surface area contributed by atoms with Gasteiger partial charge in [-0.05, 0) is 34.1 Å². The van der Waals surface area contributed by atoms with E-state index in [9.17, 15) is 4.39 Å². The molecular formula is C8H10FIS. The molecule has 0 N–H and O–H groups in total. The lowest BCUT2D eigenvalue weighted by Gasteiger charge is -2.14. The molecule has 1 aromatic heterocycles. The molecule has 3 heteroatoms. The molecule has 1 rings (SSSR count). The van der Waals surface area contributed by atoms with Gasteiger partial charge in [-0.3, -0.25) is 0 Å². The molecule has 0 radical (unpaired) electrons. The fraction of sp³-hybridized carbons (Fsp3) is 0.500. The molecule has 0 aromatic carbocycles. The van der Waals surface area contributed by atoms with Crippen LogP contribution in [0.1, 0.15) is 25.6 Å². The van der Waals surface area contributed by atoms with Crippen molar-refractivity contribution >= 4 is 33.9 Å². The Morgan fingerprint density at radius 1 is 1.45 bits per heavy atom. The Bertz CT molecular complexity index is 240. The molecule has 0 spiro atoms. The van der Waals surface area contributed by atoms with Gasteiger partial charge in [0.05, 0.1) is 0 Å². The number of rotatable bonds is 0. The van der Waals surface area contributed by atoms with Crippen molar-refractivity contribution in [3.63, 3.8) is 0 Å². The summed E-state index contributed by atoms with van der Waals surface area (Å²) < 4.78 is 13.6. The molecule has 0 aliphatic carbocycles. The van der Waals surface area contributed by atoms with E-state index in [1.54, 1.807) is 6.07 Å². The van der Waals surface area contributed by atoms with Gasteiger partial charge in [-0.1, -0.05) is 20.8 Å². The summed E-state index contributed by atoms with van der Waals surface area (Å²) >= 11 is 3.56. The van der Waals surface area contributed by atoms with Gasteiger partial charge in [-0.2, -0.15) is 0 Å². The molecule has 0 atom stereocenters. The number of hydrogen-bond donors (Lipinski definition) is 0. The predicted octanol–water partition coefficient (Wildman–Crippen LogP) is 3.79. The second kappa shape index (κ2) is 3.01. The summed E-state index contributed by atoms with van der Waals surface area (Å²) in [5, 5.41) is 0. The summed E-state index contributed by atoms with van der Waals surface area (Å²) in [4.78, 5) is 1.11. The first-order chi connectivity index (χ1) is 4.91. The van der Waals surface area contributed by atoms with Crippen LogP contribution in [0.3, 0.4) is 0 Å². The third kappa shape index (κ3) is 2.15. The van der Waals surface area contributed by atoms with Gasteiger partial charge in [0.2, 0.25) is 0 Å². The van der Waals surface area contributed by atoms with E-state index in [1.807, 2.05) is 22.6 Å². The fourth-order valence-corrected chi connectivity index (χ4v) is 2.40. The smallest absolute Gasteiger partial charge is 0.147 e. The number of hydrogen-bond acceptors (Lipinski definition) is 1. The molecule has 62 valence electrons. The molecule has 0 aliphatic rings. The Morgan fingerprint density at radius 3 is 2.18 bits per heavy atom. The van der Waals surface area contributed by atoms with Crippen LogP contribution in [0.25, 0.3) is 0 Å². The van der Waals surface area contributed by atoms with Crippen LogP contribution in [0.4, 0.5) is 4.39 Å². The van der Waals surface area contributed by atoms with E-state index < -0.39 is 0 Å². The highest BCUT2D eigenvalue weighted by atomic mass is 127. The lowest BCUT2D eigenvalue weighted by atomic mass is 9.95. The third-order valence-electron chi connectivity index (χ3n) is 1.38. The highest BCUT2D eigenvalue weighted by Crippen LogP contribution is 2.32. The first kappa shape index (κ1) is 9.45.